The van der Waals surface area contributed by atoms with Crippen molar-refractivity contribution in [3.8, 4) is 0 Å². The number of unbranched alkanes of at least 4 members (excludes halogenated alkanes) is 65. The van der Waals surface area contributed by atoms with Crippen LogP contribution < -0.4 is 5.32 Å². The molecule has 0 aliphatic rings. The maximum Gasteiger partial charge on any atom is 0.305 e. The molecule has 0 fully saturated rings. The molecule has 88 heavy (non-hydrogen) atoms. The number of hydrogen-bond acceptors (Lipinski definition) is 5. The Morgan fingerprint density at radius 3 is 0.807 bits per heavy atom. The Balaban J connectivity index is 3.33. The zero-order valence-electron chi connectivity index (χ0n) is 60.3. The molecule has 2 unspecified atom stereocenters. The minimum Gasteiger partial charge on any atom is -0.466 e. The number of aliphatic hydroxyl groups excluding tert-OH is 2. The van der Waals surface area contributed by atoms with Crippen LogP contribution in [0.1, 0.15) is 476 Å². The summed E-state index contributed by atoms with van der Waals surface area (Å²) in [5.41, 5.74) is 0. The minimum absolute atomic E-state index is 0.0142. The van der Waals surface area contributed by atoms with Crippen molar-refractivity contribution in [1.82, 2.24) is 5.32 Å². The Morgan fingerprint density at radius 1 is 0.307 bits per heavy atom. The quantitative estimate of drug-likeness (QED) is 0.0320. The Kier molecular flexibility index (Phi) is 76.8. The number of hydrogen-bond donors (Lipinski definition) is 3. The smallest absolute Gasteiger partial charge is 0.305 e. The van der Waals surface area contributed by atoms with Gasteiger partial charge in [0.05, 0.1) is 25.4 Å². The average molecular weight is 1240 g/mol. The van der Waals surface area contributed by atoms with E-state index in [1.54, 1.807) is 0 Å². The molecule has 0 aliphatic heterocycles. The third kappa shape index (κ3) is 73.6. The van der Waals surface area contributed by atoms with Gasteiger partial charge in [-0.25, -0.2) is 0 Å². The summed E-state index contributed by atoms with van der Waals surface area (Å²) >= 11 is 0. The Bertz CT molecular complexity index is 1340. The van der Waals surface area contributed by atoms with Crippen molar-refractivity contribution in [3.05, 3.63) is 12.2 Å². The van der Waals surface area contributed by atoms with E-state index in [0.29, 0.717) is 25.9 Å². The first kappa shape index (κ1) is 86.6. The van der Waals surface area contributed by atoms with E-state index in [2.05, 4.69) is 31.3 Å². The van der Waals surface area contributed by atoms with Gasteiger partial charge in [-0.3, -0.25) is 9.59 Å². The average Bonchev–Trinajstić information content (AvgIpc) is 3.58. The summed E-state index contributed by atoms with van der Waals surface area (Å²) in [4.78, 5) is 24.7. The summed E-state index contributed by atoms with van der Waals surface area (Å²) in [5, 5.41) is 23.5. The lowest BCUT2D eigenvalue weighted by molar-refractivity contribution is -0.143. The normalized spacial score (nSPS) is 12.5. The van der Waals surface area contributed by atoms with Crippen molar-refractivity contribution in [3.63, 3.8) is 0 Å². The molecule has 0 radical (unpaired) electrons. The van der Waals surface area contributed by atoms with E-state index in [-0.39, 0.29) is 18.5 Å². The number of ether oxygens (including phenoxy) is 1. The van der Waals surface area contributed by atoms with Crippen LogP contribution >= 0.6 is 0 Å². The standard InChI is InChI=1S/C82H161NO5/c1-3-5-7-9-11-13-15-17-19-21-22-23-24-31-34-37-40-43-46-50-54-58-62-66-70-74-80(85)79(78-84)83-81(86)75-71-67-63-59-55-51-47-44-41-38-35-32-29-27-25-26-28-30-33-36-39-42-45-49-53-57-61-65-69-73-77-88-82(87)76-72-68-64-60-56-52-48-20-18-16-14-12-10-8-6-4-2/h20,48,79-80,84-85H,3-19,21-47,49-78H2,1-2H3,(H,83,86)/b48-20-. The highest BCUT2D eigenvalue weighted by atomic mass is 16.5. The predicted octanol–water partition coefficient (Wildman–Crippen LogP) is 27.1. The number of carbonyl (C=O) groups excluding carboxylic acids is 2. The molecule has 0 saturated heterocycles. The molecule has 2 atom stereocenters. The summed E-state index contributed by atoms with van der Waals surface area (Å²) in [6, 6.07) is -0.540. The molecule has 6 heteroatoms. The lowest BCUT2D eigenvalue weighted by Gasteiger charge is -2.22. The highest BCUT2D eigenvalue weighted by Crippen LogP contribution is 2.21. The number of nitrogens with one attached hydrogen (secondary N) is 1. The van der Waals surface area contributed by atoms with E-state index in [0.717, 1.165) is 44.9 Å². The number of amides is 1. The zero-order chi connectivity index (χ0) is 63.5. The lowest BCUT2D eigenvalue weighted by atomic mass is 10.0. The van der Waals surface area contributed by atoms with Crippen LogP contribution in [0.15, 0.2) is 12.2 Å². The minimum atomic E-state index is -0.663. The molecule has 524 valence electrons. The zero-order valence-corrected chi connectivity index (χ0v) is 60.3. The summed E-state index contributed by atoms with van der Waals surface area (Å²) in [5.74, 6) is -0.0104. The molecule has 0 saturated carbocycles. The Hall–Kier alpha value is -1.40. The maximum absolute atomic E-state index is 12.6. The van der Waals surface area contributed by atoms with Gasteiger partial charge in [-0.1, -0.05) is 424 Å². The number of esters is 1. The fourth-order valence-corrected chi connectivity index (χ4v) is 13.3. The number of allylic oxidation sites excluding steroid dienone is 2. The third-order valence-corrected chi connectivity index (χ3v) is 19.6. The number of aliphatic hydroxyl groups is 2. The summed E-state index contributed by atoms with van der Waals surface area (Å²) in [7, 11) is 0. The van der Waals surface area contributed by atoms with Gasteiger partial charge >= 0.3 is 5.97 Å². The fourth-order valence-electron chi connectivity index (χ4n) is 13.3. The second-order valence-electron chi connectivity index (χ2n) is 28.5. The van der Waals surface area contributed by atoms with Crippen LogP contribution in [0, 0.1) is 0 Å². The van der Waals surface area contributed by atoms with Crippen LogP contribution in [0.5, 0.6) is 0 Å². The third-order valence-electron chi connectivity index (χ3n) is 19.6. The van der Waals surface area contributed by atoms with Gasteiger partial charge in [-0.05, 0) is 51.4 Å². The topological polar surface area (TPSA) is 95.9 Å². The Morgan fingerprint density at radius 2 is 0.534 bits per heavy atom. The van der Waals surface area contributed by atoms with Gasteiger partial charge in [0, 0.05) is 12.8 Å². The van der Waals surface area contributed by atoms with Crippen molar-refractivity contribution >= 4 is 11.9 Å². The van der Waals surface area contributed by atoms with Gasteiger partial charge in [0.1, 0.15) is 0 Å². The number of rotatable bonds is 78. The first-order valence-corrected chi connectivity index (χ1v) is 40.9. The fraction of sp³-hybridized carbons (Fsp3) is 0.951. The molecular weight excluding hydrogens is 1080 g/mol. The van der Waals surface area contributed by atoms with Crippen LogP contribution in [0.2, 0.25) is 0 Å². The van der Waals surface area contributed by atoms with Gasteiger partial charge in [0.15, 0.2) is 0 Å². The molecule has 0 heterocycles. The molecule has 0 bridgehead atoms. The van der Waals surface area contributed by atoms with Crippen LogP contribution in [0.3, 0.4) is 0 Å². The first-order valence-electron chi connectivity index (χ1n) is 40.9. The van der Waals surface area contributed by atoms with E-state index < -0.39 is 12.1 Å². The molecule has 1 amide bonds. The molecule has 0 aromatic heterocycles. The van der Waals surface area contributed by atoms with Crippen LogP contribution in [-0.4, -0.2) is 47.4 Å². The number of carbonyl (C=O) groups is 2. The molecule has 3 N–H and O–H groups in total. The first-order chi connectivity index (χ1) is 43.5. The Labute approximate surface area is 552 Å². The second kappa shape index (κ2) is 78.0. The van der Waals surface area contributed by atoms with Gasteiger partial charge in [0.2, 0.25) is 5.91 Å². The molecule has 0 spiro atoms. The molecule has 0 aromatic rings. The highest BCUT2D eigenvalue weighted by Gasteiger charge is 2.20. The van der Waals surface area contributed by atoms with E-state index in [1.807, 2.05) is 0 Å². The molecule has 0 aromatic carbocycles. The van der Waals surface area contributed by atoms with Crippen molar-refractivity contribution in [2.24, 2.45) is 0 Å². The summed E-state index contributed by atoms with van der Waals surface area (Å²) < 4.78 is 5.50. The lowest BCUT2D eigenvalue weighted by Crippen LogP contribution is -2.45. The monoisotopic (exact) mass is 1240 g/mol. The largest absolute Gasteiger partial charge is 0.466 e. The molecule has 6 nitrogen and oxygen atoms in total. The van der Waals surface area contributed by atoms with Crippen LogP contribution in [-0.2, 0) is 14.3 Å². The van der Waals surface area contributed by atoms with Gasteiger partial charge in [0.25, 0.3) is 0 Å². The summed E-state index contributed by atoms with van der Waals surface area (Å²) in [6.07, 6.45) is 98.9. The van der Waals surface area contributed by atoms with Gasteiger partial charge in [-0.2, -0.15) is 0 Å². The second-order valence-corrected chi connectivity index (χ2v) is 28.5. The van der Waals surface area contributed by atoms with E-state index in [9.17, 15) is 19.8 Å². The highest BCUT2D eigenvalue weighted by molar-refractivity contribution is 5.76. The van der Waals surface area contributed by atoms with Crippen LogP contribution in [0.25, 0.3) is 0 Å². The molecule has 0 rings (SSSR count). The van der Waals surface area contributed by atoms with E-state index in [4.69, 9.17) is 4.74 Å². The van der Waals surface area contributed by atoms with Crippen molar-refractivity contribution in [1.29, 1.82) is 0 Å². The van der Waals surface area contributed by atoms with Crippen molar-refractivity contribution in [2.45, 2.75) is 488 Å². The van der Waals surface area contributed by atoms with E-state index in [1.165, 1.54) is 398 Å². The molecule has 0 aliphatic carbocycles. The molecular formula is C82H161NO5. The van der Waals surface area contributed by atoms with E-state index >= 15 is 0 Å². The summed E-state index contributed by atoms with van der Waals surface area (Å²) in [6.45, 7) is 5.01. The van der Waals surface area contributed by atoms with Crippen molar-refractivity contribution in [2.75, 3.05) is 13.2 Å². The maximum atomic E-state index is 12.6. The van der Waals surface area contributed by atoms with Crippen LogP contribution in [0.4, 0.5) is 0 Å². The SMILES string of the molecule is CCCCCCCCC/C=C\CCCCCCCC(=O)OCCCCCCCCCCCCCCCCCCCCCCCCCCCCCCCCC(=O)NC(CO)C(O)CCCCCCCCCCCCCCCCCCCCCCCCCCC. The van der Waals surface area contributed by atoms with Gasteiger partial charge in [-0.15, -0.1) is 0 Å². The predicted molar refractivity (Wildman–Crippen MR) is 389 cm³/mol. The van der Waals surface area contributed by atoms with Gasteiger partial charge < -0.3 is 20.3 Å². The van der Waals surface area contributed by atoms with Crippen molar-refractivity contribution < 1.29 is 24.5 Å².